The van der Waals surface area contributed by atoms with Gasteiger partial charge in [0.1, 0.15) is 12.7 Å². The second-order valence-electron chi connectivity index (χ2n) is 12.0. The van der Waals surface area contributed by atoms with Gasteiger partial charge in [0.25, 0.3) is 6.47 Å². The number of cyclic esters (lactones) is 1. The third-order valence-corrected chi connectivity index (χ3v) is 7.03. The lowest BCUT2D eigenvalue weighted by Crippen LogP contribution is -2.16. The lowest BCUT2D eigenvalue weighted by Gasteiger charge is -2.19. The van der Waals surface area contributed by atoms with E-state index in [1.807, 2.05) is 36.4 Å². The van der Waals surface area contributed by atoms with Crippen molar-refractivity contribution in [3.63, 3.8) is 0 Å². The number of carbonyl (C=O) groups is 2. The van der Waals surface area contributed by atoms with Crippen LogP contribution in [0.3, 0.4) is 0 Å². The number of aliphatic hydroxyl groups is 1. The van der Waals surface area contributed by atoms with E-state index < -0.39 is 0 Å². The Labute approximate surface area is 263 Å². The van der Waals surface area contributed by atoms with Crippen molar-refractivity contribution < 1.29 is 33.6 Å². The molecule has 7 nitrogen and oxygen atoms in total. The van der Waals surface area contributed by atoms with Gasteiger partial charge in [-0.1, -0.05) is 70.2 Å². The number of allylic oxidation sites excluding steroid dienone is 1. The number of aliphatic hydroxyl groups excluding tert-OH is 1. The molecule has 0 amide bonds. The molecule has 0 aromatic heterocycles. The summed E-state index contributed by atoms with van der Waals surface area (Å²) < 4.78 is 21.3. The monoisotopic (exact) mass is 606 g/mol. The lowest BCUT2D eigenvalue weighted by atomic mass is 9.86. The van der Waals surface area contributed by atoms with Crippen LogP contribution < -0.4 is 9.47 Å². The van der Waals surface area contributed by atoms with E-state index in [4.69, 9.17) is 19.3 Å². The van der Waals surface area contributed by atoms with Crippen molar-refractivity contribution in [2.45, 2.75) is 92.5 Å². The van der Waals surface area contributed by atoms with Gasteiger partial charge in [0.05, 0.1) is 0 Å². The van der Waals surface area contributed by atoms with E-state index in [0.717, 1.165) is 54.6 Å². The molecule has 0 radical (unpaired) electrons. The lowest BCUT2D eigenvalue weighted by molar-refractivity contribution is -0.144. The van der Waals surface area contributed by atoms with Crippen LogP contribution in [0.5, 0.6) is 11.5 Å². The summed E-state index contributed by atoms with van der Waals surface area (Å²) in [5, 5.41) is 7.00. The Morgan fingerprint density at radius 3 is 2.16 bits per heavy atom. The van der Waals surface area contributed by atoms with Crippen molar-refractivity contribution in [2.24, 2.45) is 17.8 Å². The summed E-state index contributed by atoms with van der Waals surface area (Å²) in [4.78, 5) is 21.9. The van der Waals surface area contributed by atoms with Crippen molar-refractivity contribution >= 4 is 12.4 Å². The van der Waals surface area contributed by atoms with E-state index >= 15 is 0 Å². The number of aryl methyl sites for hydroxylation is 1. The second-order valence-corrected chi connectivity index (χ2v) is 12.0. The van der Waals surface area contributed by atoms with Crippen molar-refractivity contribution in [2.75, 3.05) is 13.7 Å². The molecule has 7 heteroatoms. The average Bonchev–Trinajstić information content (AvgIpc) is 3.57. The first-order valence-electron chi connectivity index (χ1n) is 15.6. The number of fused-ring (bicyclic) bond motifs is 1. The number of esters is 1. The zero-order valence-corrected chi connectivity index (χ0v) is 27.4. The van der Waals surface area contributed by atoms with Crippen LogP contribution in [0, 0.1) is 36.5 Å². The highest BCUT2D eigenvalue weighted by atomic mass is 16.7. The van der Waals surface area contributed by atoms with E-state index in [-0.39, 0.29) is 25.0 Å². The fourth-order valence-electron chi connectivity index (χ4n) is 5.15. The van der Waals surface area contributed by atoms with Crippen LogP contribution in [0.2, 0.25) is 0 Å². The van der Waals surface area contributed by atoms with Crippen molar-refractivity contribution in [3.05, 3.63) is 70.8 Å². The molecule has 0 aliphatic carbocycles. The standard InChI is InChI=1S/C19H18O2.C17H28O4.CH4O/c1-3-4-19-20-17-12-11-16(13-18(17)21-19)10-9-15-7-5-14(2)6-8-15;1-12(2)7-14(8-13(3)4)5-6-15-9-16(10-20-11-18)21-17(15)19;1-2/h5-8,11-13,19H,3-4H2,1-2H3;6,11-14,16H,5,7-10H2,1-4H3;2H,1H3/b;15-6+;. The smallest absolute Gasteiger partial charge is 0.334 e. The summed E-state index contributed by atoms with van der Waals surface area (Å²) >= 11 is 0. The highest BCUT2D eigenvalue weighted by Gasteiger charge is 2.29. The predicted molar refractivity (Wildman–Crippen MR) is 173 cm³/mol. The predicted octanol–water partition coefficient (Wildman–Crippen LogP) is 7.40. The first-order valence-corrected chi connectivity index (χ1v) is 15.6. The topological polar surface area (TPSA) is 91.3 Å². The number of ether oxygens (including phenoxy) is 4. The van der Waals surface area contributed by atoms with Crippen LogP contribution >= 0.6 is 0 Å². The molecule has 2 aliphatic heterocycles. The molecule has 240 valence electrons. The van der Waals surface area contributed by atoms with Gasteiger partial charge in [-0.15, -0.1) is 0 Å². The number of hydrogen-bond acceptors (Lipinski definition) is 7. The third kappa shape index (κ3) is 12.9. The van der Waals surface area contributed by atoms with Crippen LogP contribution in [-0.2, 0) is 19.1 Å². The number of rotatable bonds is 11. The van der Waals surface area contributed by atoms with Gasteiger partial charge in [0, 0.05) is 36.7 Å². The van der Waals surface area contributed by atoms with Crippen LogP contribution in [0.15, 0.2) is 54.1 Å². The van der Waals surface area contributed by atoms with Gasteiger partial charge in [-0.25, -0.2) is 4.79 Å². The van der Waals surface area contributed by atoms with Gasteiger partial charge in [0.2, 0.25) is 6.29 Å². The maximum atomic E-state index is 11.8. The summed E-state index contributed by atoms with van der Waals surface area (Å²) in [6.45, 7) is 13.7. The number of benzene rings is 2. The van der Waals surface area contributed by atoms with Crippen molar-refractivity contribution in [3.8, 4) is 23.3 Å². The Balaban J connectivity index is 0.000000291. The summed E-state index contributed by atoms with van der Waals surface area (Å²) in [6, 6.07) is 14.1. The molecule has 1 saturated heterocycles. The highest BCUT2D eigenvalue weighted by molar-refractivity contribution is 5.90. The second kappa shape index (κ2) is 19.5. The van der Waals surface area contributed by atoms with Gasteiger partial charge in [-0.05, 0) is 80.7 Å². The Hall–Kier alpha value is -3.76. The first kappa shape index (κ1) is 36.4. The summed E-state index contributed by atoms with van der Waals surface area (Å²) in [6.07, 6.45) is 7.32. The maximum Gasteiger partial charge on any atom is 0.334 e. The van der Waals surface area contributed by atoms with Crippen molar-refractivity contribution in [1.82, 2.24) is 0 Å². The van der Waals surface area contributed by atoms with Gasteiger partial charge >= 0.3 is 5.97 Å². The van der Waals surface area contributed by atoms with E-state index in [0.29, 0.717) is 30.6 Å². The molecule has 0 spiro atoms. The van der Waals surface area contributed by atoms with Crippen LogP contribution in [0.4, 0.5) is 0 Å². The molecule has 0 saturated carbocycles. The molecule has 44 heavy (non-hydrogen) atoms. The molecule has 2 aromatic carbocycles. The molecular weight excluding hydrogens is 556 g/mol. The minimum Gasteiger partial charge on any atom is -0.464 e. The Morgan fingerprint density at radius 1 is 0.932 bits per heavy atom. The third-order valence-electron chi connectivity index (χ3n) is 7.03. The maximum absolute atomic E-state index is 11.8. The average molecular weight is 607 g/mol. The molecule has 2 aromatic rings. The minimum absolute atomic E-state index is 0.147. The molecule has 2 unspecified atom stereocenters. The Morgan fingerprint density at radius 2 is 1.55 bits per heavy atom. The molecule has 1 N–H and O–H groups in total. The molecular formula is C37H50O7. The van der Waals surface area contributed by atoms with Crippen LogP contribution in [0.1, 0.15) is 89.8 Å². The van der Waals surface area contributed by atoms with E-state index in [1.54, 1.807) is 0 Å². The Bertz CT molecular complexity index is 1240. The van der Waals surface area contributed by atoms with Crippen molar-refractivity contribution in [1.29, 1.82) is 0 Å². The molecule has 4 rings (SSSR count). The number of hydrogen-bond donors (Lipinski definition) is 1. The van der Waals surface area contributed by atoms with Gasteiger partial charge in [-0.3, -0.25) is 4.79 Å². The zero-order valence-electron chi connectivity index (χ0n) is 27.4. The summed E-state index contributed by atoms with van der Waals surface area (Å²) in [5.74, 6) is 9.62. The van der Waals surface area contributed by atoms with E-state index in [1.165, 1.54) is 18.4 Å². The molecule has 2 heterocycles. The Kier molecular flexibility index (Phi) is 16.1. The quantitative estimate of drug-likeness (QED) is 0.123. The molecule has 1 fully saturated rings. The largest absolute Gasteiger partial charge is 0.464 e. The van der Waals surface area contributed by atoms with Crippen LogP contribution in [0.25, 0.3) is 0 Å². The summed E-state index contributed by atoms with van der Waals surface area (Å²) in [7, 11) is 1.00. The fraction of sp³-hybridized carbons (Fsp3) is 0.514. The zero-order chi connectivity index (χ0) is 32.5. The summed E-state index contributed by atoms with van der Waals surface area (Å²) in [5.41, 5.74) is 3.93. The molecule has 0 bridgehead atoms. The van der Waals surface area contributed by atoms with Crippen LogP contribution in [-0.4, -0.2) is 43.7 Å². The van der Waals surface area contributed by atoms with Gasteiger partial charge in [-0.2, -0.15) is 0 Å². The van der Waals surface area contributed by atoms with Gasteiger partial charge < -0.3 is 24.1 Å². The fourth-order valence-corrected chi connectivity index (χ4v) is 5.15. The normalized spacial score (nSPS) is 17.3. The SMILES string of the molecule is CC(C)CC(C/C=C1\CC(COC=O)OC1=O)CC(C)C.CCCC1Oc2ccc(C#Cc3ccc(C)cc3)cc2O1.CO. The van der Waals surface area contributed by atoms with E-state index in [9.17, 15) is 9.59 Å². The number of carbonyl (C=O) groups excluding carboxylic acids is 2. The van der Waals surface area contributed by atoms with Gasteiger partial charge in [0.15, 0.2) is 11.5 Å². The molecule has 2 atom stereocenters. The minimum atomic E-state index is -0.317. The molecule has 2 aliphatic rings. The van der Waals surface area contributed by atoms with E-state index in [2.05, 4.69) is 70.3 Å². The first-order chi connectivity index (χ1) is 21.2. The highest BCUT2D eigenvalue weighted by Crippen LogP contribution is 2.36.